The summed E-state index contributed by atoms with van der Waals surface area (Å²) in [6.07, 6.45) is 2.84. The second-order valence-corrected chi connectivity index (χ2v) is 10.5. The molecule has 2 aliphatic rings. The quantitative estimate of drug-likeness (QED) is 0.257. The zero-order valence-corrected chi connectivity index (χ0v) is 23.8. The fourth-order valence-corrected chi connectivity index (χ4v) is 5.43. The first-order valence-electron chi connectivity index (χ1n) is 14.5. The Morgan fingerprint density at radius 3 is 2.26 bits per heavy atom. The van der Waals surface area contributed by atoms with Crippen molar-refractivity contribution in [3.05, 3.63) is 84.4 Å². The number of hydrogen-bond acceptors (Lipinski definition) is 7. The molecular formula is C33H36N4O5. The standard InChI is InChI=1S/C33H36N4O5/c1-2-41-33(40)30(34)28-19-21-37(26-15-13-25(14-16-26)36-20-7-6-10-29(36)38)32(39)31(28)35-24-11-17-27(18-12-24)42-22-23-8-4-3-5-9-23/h3-5,8-9,11-18,28,31,34-35H,2,6-7,10,19-22H2,1H3. The summed E-state index contributed by atoms with van der Waals surface area (Å²) in [4.78, 5) is 42.2. The van der Waals surface area contributed by atoms with Gasteiger partial charge < -0.3 is 24.6 Å². The molecule has 9 nitrogen and oxygen atoms in total. The number of anilines is 3. The molecule has 218 valence electrons. The maximum absolute atomic E-state index is 13.9. The van der Waals surface area contributed by atoms with Crippen molar-refractivity contribution < 1.29 is 23.9 Å². The number of rotatable bonds is 10. The van der Waals surface area contributed by atoms with Crippen LogP contribution in [0.5, 0.6) is 5.75 Å². The lowest BCUT2D eigenvalue weighted by molar-refractivity contribution is -0.135. The summed E-state index contributed by atoms with van der Waals surface area (Å²) in [6.45, 7) is 3.32. The van der Waals surface area contributed by atoms with Crippen LogP contribution in [-0.4, -0.2) is 49.2 Å². The molecule has 2 unspecified atom stereocenters. The van der Waals surface area contributed by atoms with E-state index in [9.17, 15) is 14.4 Å². The van der Waals surface area contributed by atoms with Crippen LogP contribution in [0.1, 0.15) is 38.2 Å². The molecule has 3 aromatic rings. The highest BCUT2D eigenvalue weighted by Crippen LogP contribution is 2.31. The lowest BCUT2D eigenvalue weighted by atomic mass is 9.86. The van der Waals surface area contributed by atoms with E-state index in [1.807, 2.05) is 78.9 Å². The Morgan fingerprint density at radius 1 is 0.905 bits per heavy atom. The molecule has 2 fully saturated rings. The third-order valence-electron chi connectivity index (χ3n) is 7.69. The minimum absolute atomic E-state index is 0.115. The molecule has 2 aliphatic heterocycles. The molecule has 2 atom stereocenters. The van der Waals surface area contributed by atoms with Gasteiger partial charge in [0.05, 0.1) is 6.61 Å². The Hall–Kier alpha value is -4.66. The van der Waals surface area contributed by atoms with Gasteiger partial charge in [0.25, 0.3) is 0 Å². The monoisotopic (exact) mass is 568 g/mol. The molecule has 2 N–H and O–H groups in total. The molecule has 0 saturated carbocycles. The summed E-state index contributed by atoms with van der Waals surface area (Å²) in [5.41, 5.74) is 3.03. The van der Waals surface area contributed by atoms with E-state index in [0.29, 0.717) is 49.7 Å². The van der Waals surface area contributed by atoms with Gasteiger partial charge in [-0.05, 0) is 80.3 Å². The van der Waals surface area contributed by atoms with Crippen LogP contribution in [-0.2, 0) is 25.7 Å². The topological polar surface area (TPSA) is 112 Å². The second kappa shape index (κ2) is 13.3. The number of hydrogen-bond donors (Lipinski definition) is 2. The number of nitrogens with zero attached hydrogens (tertiary/aromatic N) is 2. The fraction of sp³-hybridized carbons (Fsp3) is 0.333. The maximum Gasteiger partial charge on any atom is 0.352 e. The predicted molar refractivity (Wildman–Crippen MR) is 162 cm³/mol. The Morgan fingerprint density at radius 2 is 1.60 bits per heavy atom. The number of esters is 1. The van der Waals surface area contributed by atoms with Crippen LogP contribution >= 0.6 is 0 Å². The number of piperidine rings is 2. The number of ether oxygens (including phenoxy) is 2. The minimum atomic E-state index is -0.852. The van der Waals surface area contributed by atoms with E-state index < -0.39 is 17.9 Å². The smallest absolute Gasteiger partial charge is 0.352 e. The van der Waals surface area contributed by atoms with Crippen molar-refractivity contribution in [1.29, 1.82) is 5.41 Å². The highest BCUT2D eigenvalue weighted by atomic mass is 16.5. The number of benzene rings is 3. The normalized spacial score (nSPS) is 18.9. The van der Waals surface area contributed by atoms with Gasteiger partial charge in [-0.1, -0.05) is 30.3 Å². The van der Waals surface area contributed by atoms with Crippen molar-refractivity contribution in [2.24, 2.45) is 5.92 Å². The maximum atomic E-state index is 13.9. The van der Waals surface area contributed by atoms with Gasteiger partial charge in [-0.2, -0.15) is 0 Å². The van der Waals surface area contributed by atoms with E-state index in [1.165, 1.54) is 0 Å². The Kier molecular flexibility index (Phi) is 9.16. The molecule has 2 heterocycles. The number of nitrogens with one attached hydrogen (secondary N) is 2. The molecule has 0 aliphatic carbocycles. The van der Waals surface area contributed by atoms with Gasteiger partial charge in [0.1, 0.15) is 24.1 Å². The van der Waals surface area contributed by atoms with Gasteiger partial charge in [-0.15, -0.1) is 0 Å². The van der Waals surface area contributed by atoms with Gasteiger partial charge in [0, 0.05) is 42.5 Å². The van der Waals surface area contributed by atoms with Crippen LogP contribution in [0.3, 0.4) is 0 Å². The number of amides is 2. The van der Waals surface area contributed by atoms with Crippen molar-refractivity contribution in [3.8, 4) is 5.75 Å². The highest BCUT2D eigenvalue weighted by molar-refractivity contribution is 6.37. The van der Waals surface area contributed by atoms with Crippen LogP contribution in [0.2, 0.25) is 0 Å². The highest BCUT2D eigenvalue weighted by Gasteiger charge is 2.41. The third-order valence-corrected chi connectivity index (χ3v) is 7.69. The first-order chi connectivity index (χ1) is 20.4. The molecule has 5 rings (SSSR count). The summed E-state index contributed by atoms with van der Waals surface area (Å²) in [5.74, 6) is -0.817. The Balaban J connectivity index is 1.32. The van der Waals surface area contributed by atoms with Crippen molar-refractivity contribution in [1.82, 2.24) is 0 Å². The Bertz CT molecular complexity index is 1410. The first-order valence-corrected chi connectivity index (χ1v) is 14.5. The molecule has 42 heavy (non-hydrogen) atoms. The lowest BCUT2D eigenvalue weighted by Gasteiger charge is -2.38. The predicted octanol–water partition coefficient (Wildman–Crippen LogP) is 5.20. The molecule has 3 aromatic carbocycles. The molecule has 0 aromatic heterocycles. The van der Waals surface area contributed by atoms with E-state index in [1.54, 1.807) is 16.7 Å². The van der Waals surface area contributed by atoms with Gasteiger partial charge in [0.2, 0.25) is 11.8 Å². The minimum Gasteiger partial charge on any atom is -0.489 e. The fourth-order valence-electron chi connectivity index (χ4n) is 5.43. The van der Waals surface area contributed by atoms with Crippen molar-refractivity contribution in [3.63, 3.8) is 0 Å². The summed E-state index contributed by atoms with van der Waals surface area (Å²) < 4.78 is 11.0. The van der Waals surface area contributed by atoms with E-state index in [4.69, 9.17) is 14.9 Å². The number of carbonyl (C=O) groups excluding carboxylic acids is 3. The molecule has 0 bridgehead atoms. The van der Waals surface area contributed by atoms with Crippen LogP contribution in [0, 0.1) is 11.3 Å². The summed E-state index contributed by atoms with van der Waals surface area (Å²) >= 11 is 0. The summed E-state index contributed by atoms with van der Waals surface area (Å²) in [5, 5.41) is 11.8. The first kappa shape index (κ1) is 28.9. The largest absolute Gasteiger partial charge is 0.489 e. The third kappa shape index (κ3) is 6.62. The molecular weight excluding hydrogens is 532 g/mol. The summed E-state index contributed by atoms with van der Waals surface area (Å²) in [7, 11) is 0. The van der Waals surface area contributed by atoms with Crippen molar-refractivity contribution in [2.45, 2.75) is 45.3 Å². The summed E-state index contributed by atoms with van der Waals surface area (Å²) in [6, 6.07) is 23.7. The average molecular weight is 569 g/mol. The SMILES string of the molecule is CCOC(=O)C(=N)C1CCN(c2ccc(N3CCCCC3=O)cc2)C(=O)C1Nc1ccc(OCc2ccccc2)cc1. The molecule has 9 heteroatoms. The average Bonchev–Trinajstić information content (AvgIpc) is 3.02. The van der Waals surface area contributed by atoms with Crippen LogP contribution in [0.4, 0.5) is 17.1 Å². The zero-order valence-electron chi connectivity index (χ0n) is 23.8. The van der Waals surface area contributed by atoms with E-state index >= 15 is 0 Å². The van der Waals surface area contributed by atoms with Gasteiger partial charge in [-0.25, -0.2) is 4.79 Å². The second-order valence-electron chi connectivity index (χ2n) is 10.5. The molecule has 0 spiro atoms. The van der Waals surface area contributed by atoms with Crippen LogP contribution < -0.4 is 19.9 Å². The van der Waals surface area contributed by atoms with Crippen LogP contribution in [0.15, 0.2) is 78.9 Å². The van der Waals surface area contributed by atoms with E-state index in [2.05, 4.69) is 5.32 Å². The van der Waals surface area contributed by atoms with Crippen LogP contribution in [0.25, 0.3) is 0 Å². The van der Waals surface area contributed by atoms with Crippen molar-refractivity contribution >= 4 is 40.6 Å². The zero-order chi connectivity index (χ0) is 29.5. The Labute approximate surface area is 245 Å². The lowest BCUT2D eigenvalue weighted by Crippen LogP contribution is -2.55. The van der Waals surface area contributed by atoms with Gasteiger partial charge in [0.15, 0.2) is 0 Å². The van der Waals surface area contributed by atoms with Gasteiger partial charge >= 0.3 is 5.97 Å². The van der Waals surface area contributed by atoms with E-state index in [-0.39, 0.29) is 24.1 Å². The molecule has 0 radical (unpaired) electrons. The van der Waals surface area contributed by atoms with Gasteiger partial charge in [-0.3, -0.25) is 15.0 Å². The van der Waals surface area contributed by atoms with Crippen molar-refractivity contribution in [2.75, 3.05) is 34.8 Å². The van der Waals surface area contributed by atoms with E-state index in [0.717, 1.165) is 24.1 Å². The number of carbonyl (C=O) groups is 3. The molecule has 2 amide bonds. The molecule has 2 saturated heterocycles.